The predicted molar refractivity (Wildman–Crippen MR) is 99.0 cm³/mol. The predicted octanol–water partition coefficient (Wildman–Crippen LogP) is 2.23. The lowest BCUT2D eigenvalue weighted by Gasteiger charge is -2.30. The third-order valence-electron chi connectivity index (χ3n) is 4.85. The molecule has 1 aromatic heterocycles. The molecular weight excluding hydrogens is 302 g/mol. The molecule has 24 heavy (non-hydrogen) atoms. The minimum Gasteiger partial charge on any atom is -0.400 e. The monoisotopic (exact) mass is 333 g/mol. The maximum Gasteiger partial charge on any atom is 0.145 e. The number of aryl methyl sites for hydroxylation is 1. The molecule has 3 heterocycles. The Morgan fingerprint density at radius 3 is 2.58 bits per heavy atom. The topological polar surface area (TPSA) is 102 Å². The molecule has 1 aromatic rings. The number of hydrogen-bond acceptors (Lipinski definition) is 5. The molecule has 0 aromatic carbocycles. The average molecular weight is 333 g/mol. The van der Waals surface area contributed by atoms with Gasteiger partial charge in [-0.1, -0.05) is 27.7 Å². The number of nitrogens with two attached hydrogens (primary N) is 2. The Kier molecular flexibility index (Phi) is 5.38. The first-order chi connectivity index (χ1) is 11.2. The summed E-state index contributed by atoms with van der Waals surface area (Å²) in [6.07, 6.45) is 5.09. The maximum atomic E-state index is 8.82. The molecule has 0 unspecified atom stereocenters. The first-order valence-electron chi connectivity index (χ1n) is 8.61. The zero-order valence-corrected chi connectivity index (χ0v) is 15.3. The van der Waals surface area contributed by atoms with Crippen LogP contribution < -0.4 is 11.5 Å². The van der Waals surface area contributed by atoms with Crippen LogP contribution in [0.25, 0.3) is 0 Å². The van der Waals surface area contributed by atoms with Crippen molar-refractivity contribution in [3.63, 3.8) is 0 Å². The number of aliphatic imine (C=N–C) groups is 1. The highest BCUT2D eigenvalue weighted by Gasteiger charge is 2.28. The van der Waals surface area contributed by atoms with Crippen molar-refractivity contribution in [3.8, 4) is 0 Å². The highest BCUT2D eigenvalue weighted by Crippen LogP contribution is 2.33. The number of aliphatic hydroxyl groups excluding tert-OH is 1. The van der Waals surface area contributed by atoms with Crippen LogP contribution in [0.15, 0.2) is 22.8 Å². The fraction of sp³-hybridized carbons (Fsp3) is 0.667. The minimum absolute atomic E-state index is 0.0458. The standard InChI is InChI=1S/C9H15N3.C9H16N2O/c1-9(2)4-3-5-12-7(9)6-8(10)11-12;1-9(2,3-4-12)8-5-7(10)6-11-8/h6H,3-5H2,1-2H3,(H2,10,11);5,12H,3-4,6,10H2,1-2H3. The van der Waals surface area contributed by atoms with Gasteiger partial charge in [-0.15, -0.1) is 0 Å². The quantitative estimate of drug-likeness (QED) is 0.789. The third kappa shape index (κ3) is 4.17. The van der Waals surface area contributed by atoms with Crippen molar-refractivity contribution in [3.05, 3.63) is 23.5 Å². The SMILES string of the molecule is CC(C)(CCO)C1=NCC(N)=C1.CC1(C)CCCn2nc(N)cc21. The van der Waals surface area contributed by atoms with Gasteiger partial charge in [-0.25, -0.2) is 0 Å². The molecule has 6 nitrogen and oxygen atoms in total. The number of hydrogen-bond donors (Lipinski definition) is 3. The molecule has 2 aliphatic heterocycles. The van der Waals surface area contributed by atoms with Crippen molar-refractivity contribution in [2.45, 2.75) is 58.9 Å². The molecule has 2 aliphatic rings. The van der Waals surface area contributed by atoms with Crippen LogP contribution in [0, 0.1) is 5.41 Å². The van der Waals surface area contributed by atoms with Crippen LogP contribution >= 0.6 is 0 Å². The van der Waals surface area contributed by atoms with Crippen LogP contribution in [0.4, 0.5) is 5.82 Å². The van der Waals surface area contributed by atoms with Crippen molar-refractivity contribution < 1.29 is 5.11 Å². The Bertz CT molecular complexity index is 640. The Morgan fingerprint density at radius 1 is 1.33 bits per heavy atom. The summed E-state index contributed by atoms with van der Waals surface area (Å²) in [5.41, 5.74) is 14.6. The molecule has 0 fully saturated rings. The summed E-state index contributed by atoms with van der Waals surface area (Å²) in [6, 6.07) is 2.00. The number of fused-ring (bicyclic) bond motifs is 1. The molecule has 134 valence electrons. The molecule has 6 heteroatoms. The molecule has 3 rings (SSSR count). The first kappa shape index (κ1) is 18.5. The van der Waals surface area contributed by atoms with Crippen molar-refractivity contribution in [2.24, 2.45) is 16.1 Å². The van der Waals surface area contributed by atoms with Crippen LogP contribution in [-0.2, 0) is 12.0 Å². The van der Waals surface area contributed by atoms with E-state index in [0.29, 0.717) is 12.4 Å². The van der Waals surface area contributed by atoms with Gasteiger partial charge in [0.05, 0.1) is 6.54 Å². The van der Waals surface area contributed by atoms with E-state index in [2.05, 4.69) is 37.8 Å². The van der Waals surface area contributed by atoms with Crippen molar-refractivity contribution >= 4 is 11.5 Å². The Labute approximate surface area is 144 Å². The van der Waals surface area contributed by atoms with E-state index in [1.807, 2.05) is 16.8 Å². The fourth-order valence-electron chi connectivity index (χ4n) is 3.21. The minimum atomic E-state index is -0.0458. The molecule has 0 amide bonds. The molecule has 0 aliphatic carbocycles. The van der Waals surface area contributed by atoms with Gasteiger partial charge in [-0.2, -0.15) is 5.10 Å². The van der Waals surface area contributed by atoms with E-state index in [9.17, 15) is 0 Å². The van der Waals surface area contributed by atoms with E-state index in [1.54, 1.807) is 0 Å². The second-order valence-corrected chi connectivity index (χ2v) is 7.94. The summed E-state index contributed by atoms with van der Waals surface area (Å²) in [5, 5.41) is 13.1. The second kappa shape index (κ2) is 6.97. The largest absolute Gasteiger partial charge is 0.400 e. The van der Waals surface area contributed by atoms with Crippen LogP contribution in [0.1, 0.15) is 52.7 Å². The molecule has 0 saturated carbocycles. The van der Waals surface area contributed by atoms with Gasteiger partial charge in [0.25, 0.3) is 0 Å². The normalized spacial score (nSPS) is 19.0. The van der Waals surface area contributed by atoms with Crippen molar-refractivity contribution in [2.75, 3.05) is 18.9 Å². The summed E-state index contributed by atoms with van der Waals surface area (Å²) in [6.45, 7) is 10.5. The molecule has 0 saturated heterocycles. The van der Waals surface area contributed by atoms with Crippen molar-refractivity contribution in [1.82, 2.24) is 9.78 Å². The zero-order chi connectivity index (χ0) is 18.0. The van der Waals surface area contributed by atoms with Gasteiger partial charge in [0.2, 0.25) is 0 Å². The molecular formula is C18H31N5O. The molecule has 0 bridgehead atoms. The van der Waals surface area contributed by atoms with Gasteiger partial charge in [0.15, 0.2) is 0 Å². The number of anilines is 1. The highest BCUT2D eigenvalue weighted by molar-refractivity contribution is 6.01. The molecule has 0 spiro atoms. The number of rotatable bonds is 3. The van der Waals surface area contributed by atoms with E-state index in [0.717, 1.165) is 24.4 Å². The Balaban J connectivity index is 0.000000174. The lowest BCUT2D eigenvalue weighted by Crippen LogP contribution is -2.27. The van der Waals surface area contributed by atoms with E-state index in [1.165, 1.54) is 18.5 Å². The van der Waals surface area contributed by atoms with Gasteiger partial charge in [0, 0.05) is 47.2 Å². The summed E-state index contributed by atoms with van der Waals surface area (Å²) in [5.74, 6) is 0.653. The average Bonchev–Trinajstić information content (AvgIpc) is 3.06. The summed E-state index contributed by atoms with van der Waals surface area (Å²) >= 11 is 0. The smallest absolute Gasteiger partial charge is 0.145 e. The number of aliphatic hydroxyl groups is 1. The molecule has 0 radical (unpaired) electrons. The van der Waals surface area contributed by atoms with Crippen LogP contribution in [0.3, 0.4) is 0 Å². The number of aromatic nitrogens is 2. The lowest BCUT2D eigenvalue weighted by atomic mass is 9.82. The van der Waals surface area contributed by atoms with Gasteiger partial charge in [-0.3, -0.25) is 9.67 Å². The summed E-state index contributed by atoms with van der Waals surface area (Å²) in [7, 11) is 0. The fourth-order valence-corrected chi connectivity index (χ4v) is 3.21. The van der Waals surface area contributed by atoms with Gasteiger partial charge >= 0.3 is 0 Å². The Morgan fingerprint density at radius 2 is 2.04 bits per heavy atom. The lowest BCUT2D eigenvalue weighted by molar-refractivity contribution is 0.250. The maximum absolute atomic E-state index is 8.82. The van der Waals surface area contributed by atoms with Crippen LogP contribution in [-0.4, -0.2) is 33.8 Å². The number of nitrogen functional groups attached to an aromatic ring is 1. The van der Waals surface area contributed by atoms with Crippen molar-refractivity contribution in [1.29, 1.82) is 0 Å². The van der Waals surface area contributed by atoms with Gasteiger partial charge < -0.3 is 16.6 Å². The molecule has 5 N–H and O–H groups in total. The van der Waals surface area contributed by atoms with E-state index < -0.39 is 0 Å². The van der Waals surface area contributed by atoms with Gasteiger partial charge in [-0.05, 0) is 25.3 Å². The van der Waals surface area contributed by atoms with E-state index in [4.69, 9.17) is 16.6 Å². The zero-order valence-electron chi connectivity index (χ0n) is 15.3. The number of allylic oxidation sites excluding steroid dienone is 1. The first-order valence-corrected chi connectivity index (χ1v) is 8.61. The van der Waals surface area contributed by atoms with Crippen LogP contribution in [0.5, 0.6) is 0 Å². The molecule has 0 atom stereocenters. The van der Waals surface area contributed by atoms with E-state index in [-0.39, 0.29) is 17.4 Å². The summed E-state index contributed by atoms with van der Waals surface area (Å²) in [4.78, 5) is 4.29. The second-order valence-electron chi connectivity index (χ2n) is 7.94. The third-order valence-corrected chi connectivity index (χ3v) is 4.85. The Hall–Kier alpha value is -1.82. The van der Waals surface area contributed by atoms with E-state index >= 15 is 0 Å². The van der Waals surface area contributed by atoms with Gasteiger partial charge in [0.1, 0.15) is 5.82 Å². The highest BCUT2D eigenvalue weighted by atomic mass is 16.3. The van der Waals surface area contributed by atoms with Crippen LogP contribution in [0.2, 0.25) is 0 Å². The number of nitrogens with zero attached hydrogens (tertiary/aromatic N) is 3. The summed E-state index contributed by atoms with van der Waals surface area (Å²) < 4.78 is 2.04.